The number of hydrogen-bond acceptors (Lipinski definition) is 8. The van der Waals surface area contributed by atoms with Gasteiger partial charge >= 0.3 is 5.82 Å². The fraction of sp³-hybridized carbons (Fsp3) is 0.312. The van der Waals surface area contributed by atoms with Crippen molar-refractivity contribution in [3.8, 4) is 0 Å². The maximum Gasteiger partial charge on any atom is 0.390 e. The molecule has 144 valence electrons. The first-order chi connectivity index (χ1) is 13.3. The Morgan fingerprint density at radius 1 is 1.32 bits per heavy atom. The molecule has 0 unspecified atom stereocenters. The van der Waals surface area contributed by atoms with Gasteiger partial charge in [-0.15, -0.1) is 16.4 Å². The van der Waals surface area contributed by atoms with E-state index in [2.05, 4.69) is 20.2 Å². The molecule has 0 aliphatic heterocycles. The van der Waals surface area contributed by atoms with Crippen molar-refractivity contribution >= 4 is 38.9 Å². The van der Waals surface area contributed by atoms with Crippen LogP contribution >= 0.6 is 11.3 Å². The Hall–Kier alpha value is -3.41. The van der Waals surface area contributed by atoms with Gasteiger partial charge < -0.3 is 15.0 Å². The summed E-state index contributed by atoms with van der Waals surface area (Å²) in [6, 6.07) is 1.40. The maximum atomic E-state index is 12.4. The number of hydrogen-bond donors (Lipinski definition) is 0. The highest BCUT2D eigenvalue weighted by molar-refractivity contribution is 7.20. The number of rotatable bonds is 4. The van der Waals surface area contributed by atoms with E-state index in [1.807, 2.05) is 6.92 Å². The van der Waals surface area contributed by atoms with Gasteiger partial charge in [0.05, 0.1) is 27.1 Å². The number of aromatic nitrogens is 6. The topological polar surface area (TPSA) is 124 Å². The molecule has 0 spiro atoms. The van der Waals surface area contributed by atoms with Gasteiger partial charge in [0.1, 0.15) is 17.7 Å². The van der Waals surface area contributed by atoms with Gasteiger partial charge in [-0.05, 0) is 24.3 Å². The first-order valence-electron chi connectivity index (χ1n) is 8.30. The van der Waals surface area contributed by atoms with Crippen LogP contribution in [0.25, 0.3) is 15.9 Å². The lowest BCUT2D eigenvalue weighted by molar-refractivity contribution is -0.389. The smallest absolute Gasteiger partial charge is 0.358 e. The monoisotopic (exact) mass is 400 g/mol. The number of amides is 1. The van der Waals surface area contributed by atoms with Crippen LogP contribution in [0.1, 0.15) is 26.8 Å². The number of aryl methyl sites for hydroxylation is 2. The van der Waals surface area contributed by atoms with Crippen LogP contribution in [0.4, 0.5) is 5.82 Å². The molecule has 12 heteroatoms. The molecule has 0 aliphatic rings. The predicted molar refractivity (Wildman–Crippen MR) is 102 cm³/mol. The summed E-state index contributed by atoms with van der Waals surface area (Å²) in [4.78, 5) is 34.6. The van der Waals surface area contributed by atoms with E-state index in [1.54, 1.807) is 31.9 Å². The molecule has 0 fully saturated rings. The Morgan fingerprint density at radius 3 is 2.71 bits per heavy atom. The molecule has 0 saturated heterocycles. The molecule has 4 aromatic heterocycles. The lowest BCUT2D eigenvalue weighted by Gasteiger charge is -2.08. The summed E-state index contributed by atoms with van der Waals surface area (Å²) in [5.74, 6) is 0.144. The van der Waals surface area contributed by atoms with Gasteiger partial charge in [-0.3, -0.25) is 4.79 Å². The van der Waals surface area contributed by atoms with Crippen molar-refractivity contribution in [3.63, 3.8) is 0 Å². The van der Waals surface area contributed by atoms with E-state index < -0.39 is 4.92 Å². The van der Waals surface area contributed by atoms with Crippen molar-refractivity contribution in [1.29, 1.82) is 0 Å². The molecule has 0 aromatic carbocycles. The van der Waals surface area contributed by atoms with E-state index >= 15 is 0 Å². The molecule has 11 nitrogen and oxygen atoms in total. The largest absolute Gasteiger partial charge is 0.390 e. The molecule has 4 heterocycles. The van der Waals surface area contributed by atoms with E-state index in [1.165, 1.54) is 27.0 Å². The maximum absolute atomic E-state index is 12.4. The minimum Gasteiger partial charge on any atom is -0.358 e. The van der Waals surface area contributed by atoms with E-state index in [9.17, 15) is 14.9 Å². The normalized spacial score (nSPS) is 11.4. The van der Waals surface area contributed by atoms with Crippen LogP contribution < -0.4 is 0 Å². The van der Waals surface area contributed by atoms with Crippen LogP contribution in [-0.4, -0.2) is 59.2 Å². The molecular formula is C16H16N8O3S. The molecular weight excluding hydrogens is 384 g/mol. The molecule has 0 atom stereocenters. The van der Waals surface area contributed by atoms with Crippen LogP contribution in [0.2, 0.25) is 0 Å². The molecule has 28 heavy (non-hydrogen) atoms. The minimum absolute atomic E-state index is 0.0853. The number of carbonyl (C=O) groups is 1. The molecule has 4 aromatic rings. The van der Waals surface area contributed by atoms with Gasteiger partial charge in [0.15, 0.2) is 11.5 Å². The predicted octanol–water partition coefficient (Wildman–Crippen LogP) is 1.81. The fourth-order valence-corrected chi connectivity index (χ4v) is 4.09. The van der Waals surface area contributed by atoms with Crippen molar-refractivity contribution in [3.05, 3.63) is 44.5 Å². The number of carbonyl (C=O) groups excluding carboxylic acids is 1. The van der Waals surface area contributed by atoms with E-state index in [4.69, 9.17) is 0 Å². The third-order valence-corrected chi connectivity index (χ3v) is 5.55. The van der Waals surface area contributed by atoms with E-state index in [0.717, 1.165) is 10.9 Å². The Labute approximate surface area is 162 Å². The fourth-order valence-electron chi connectivity index (χ4n) is 2.93. The number of fused-ring (bicyclic) bond motifs is 3. The van der Waals surface area contributed by atoms with Gasteiger partial charge in [0.25, 0.3) is 5.91 Å². The molecule has 4 rings (SSSR count). The first kappa shape index (κ1) is 18.0. The third-order valence-electron chi connectivity index (χ3n) is 4.36. The van der Waals surface area contributed by atoms with Crippen LogP contribution in [-0.2, 0) is 6.54 Å². The quantitative estimate of drug-likeness (QED) is 0.378. The molecule has 0 bridgehead atoms. The van der Waals surface area contributed by atoms with Gasteiger partial charge in [-0.25, -0.2) is 14.5 Å². The molecule has 1 amide bonds. The zero-order valence-corrected chi connectivity index (χ0v) is 16.4. The van der Waals surface area contributed by atoms with Crippen molar-refractivity contribution < 1.29 is 9.72 Å². The molecule has 0 radical (unpaired) electrons. The number of nitro groups is 1. The summed E-state index contributed by atoms with van der Waals surface area (Å²) in [5.41, 5.74) is 2.03. The van der Waals surface area contributed by atoms with Crippen molar-refractivity contribution in [2.24, 2.45) is 0 Å². The van der Waals surface area contributed by atoms with Crippen molar-refractivity contribution in [1.82, 2.24) is 34.3 Å². The summed E-state index contributed by atoms with van der Waals surface area (Å²) in [5, 5.41) is 20.1. The summed E-state index contributed by atoms with van der Waals surface area (Å²) in [7, 11) is 3.41. The van der Waals surface area contributed by atoms with Gasteiger partial charge in [-0.1, -0.05) is 0 Å². The van der Waals surface area contributed by atoms with Crippen LogP contribution in [0.15, 0.2) is 12.4 Å². The Morgan fingerprint density at radius 2 is 2.07 bits per heavy atom. The van der Waals surface area contributed by atoms with Crippen molar-refractivity contribution in [2.75, 3.05) is 14.1 Å². The second-order valence-corrected chi connectivity index (χ2v) is 7.53. The summed E-state index contributed by atoms with van der Waals surface area (Å²) in [6.45, 7) is 3.79. The summed E-state index contributed by atoms with van der Waals surface area (Å²) < 4.78 is 3.04. The highest BCUT2D eigenvalue weighted by Crippen LogP contribution is 2.32. The van der Waals surface area contributed by atoms with Gasteiger partial charge in [-0.2, -0.15) is 4.68 Å². The van der Waals surface area contributed by atoms with Gasteiger partial charge in [0.2, 0.25) is 0 Å². The zero-order chi connectivity index (χ0) is 20.2. The number of nitrogens with zero attached hydrogens (tertiary/aromatic N) is 8. The Balaban J connectivity index is 1.80. The second kappa shape index (κ2) is 6.34. The van der Waals surface area contributed by atoms with Crippen LogP contribution in [0.3, 0.4) is 0 Å². The van der Waals surface area contributed by atoms with Crippen molar-refractivity contribution in [2.45, 2.75) is 20.4 Å². The minimum atomic E-state index is -0.536. The lowest BCUT2D eigenvalue weighted by Crippen LogP contribution is -2.21. The molecule has 0 saturated carbocycles. The molecule has 0 N–H and O–H groups in total. The van der Waals surface area contributed by atoms with E-state index in [0.29, 0.717) is 26.9 Å². The Bertz CT molecular complexity index is 1250. The third kappa shape index (κ3) is 2.78. The average molecular weight is 400 g/mol. The van der Waals surface area contributed by atoms with Crippen LogP contribution in [0.5, 0.6) is 0 Å². The van der Waals surface area contributed by atoms with E-state index in [-0.39, 0.29) is 18.3 Å². The lowest BCUT2D eigenvalue weighted by atomic mass is 10.2. The highest BCUT2D eigenvalue weighted by Gasteiger charge is 2.22. The standard InChI is InChI=1S/C16H16N8O3S/c1-8-5-11(24(26)27)20-22(8)6-10-18-14-12-9(2)13(16(25)21(3)4)28-15(12)17-7-23(14)19-10/h5,7H,6H2,1-4H3. The summed E-state index contributed by atoms with van der Waals surface area (Å²) >= 11 is 1.32. The highest BCUT2D eigenvalue weighted by atomic mass is 32.1. The second-order valence-electron chi connectivity index (χ2n) is 6.54. The molecule has 0 aliphatic carbocycles. The van der Waals surface area contributed by atoms with Crippen LogP contribution in [0, 0.1) is 24.0 Å². The first-order valence-corrected chi connectivity index (χ1v) is 9.11. The average Bonchev–Trinajstić information content (AvgIpc) is 3.30. The SMILES string of the molecule is Cc1c(C(=O)N(C)C)sc2ncn3nc(Cn4nc([N+](=O)[O-])cc4C)nc3c12. The Kier molecular flexibility index (Phi) is 4.07. The number of thiophene rings is 1. The zero-order valence-electron chi connectivity index (χ0n) is 15.6. The summed E-state index contributed by atoms with van der Waals surface area (Å²) in [6.07, 6.45) is 1.55. The van der Waals surface area contributed by atoms with Gasteiger partial charge in [0, 0.05) is 14.1 Å².